The van der Waals surface area contributed by atoms with Gasteiger partial charge in [-0.05, 0) is 86.3 Å². The Kier molecular flexibility index (Phi) is 6.98. The van der Waals surface area contributed by atoms with Gasteiger partial charge in [0, 0.05) is 6.07 Å². The van der Waals surface area contributed by atoms with Crippen LogP contribution < -0.4 is 19.6 Å². The Morgan fingerprint density at radius 3 is 2.16 bits per heavy atom. The molecule has 0 aliphatic carbocycles. The lowest BCUT2D eigenvalue weighted by atomic mass is 10.1. The molecule has 0 saturated heterocycles. The van der Waals surface area contributed by atoms with Crippen LogP contribution in [0.15, 0.2) is 63.8 Å². The number of hydrogen-bond donors (Lipinski definition) is 0. The summed E-state index contributed by atoms with van der Waals surface area (Å²) in [7, 11) is 0. The Morgan fingerprint density at radius 2 is 1.51 bits per heavy atom. The molecule has 192 valence electrons. The van der Waals surface area contributed by atoms with Crippen LogP contribution in [0.4, 0.5) is 13.2 Å². The summed E-state index contributed by atoms with van der Waals surface area (Å²) in [5.41, 5.74) is 2.13. The summed E-state index contributed by atoms with van der Waals surface area (Å²) in [6, 6.07) is 13.7. The summed E-state index contributed by atoms with van der Waals surface area (Å²) >= 11 is 0. The van der Waals surface area contributed by atoms with Crippen molar-refractivity contribution < 1.29 is 36.6 Å². The third-order valence-corrected chi connectivity index (χ3v) is 5.56. The second kappa shape index (κ2) is 10.0. The van der Waals surface area contributed by atoms with E-state index in [1.807, 2.05) is 26.0 Å². The van der Waals surface area contributed by atoms with Crippen molar-refractivity contribution >= 4 is 16.9 Å². The smallest absolute Gasteiger partial charge is 0.453 e. The van der Waals surface area contributed by atoms with E-state index in [1.54, 1.807) is 26.0 Å². The van der Waals surface area contributed by atoms with E-state index in [9.17, 15) is 22.8 Å². The highest BCUT2D eigenvalue weighted by Crippen LogP contribution is 2.39. The van der Waals surface area contributed by atoms with Gasteiger partial charge in [0.1, 0.15) is 22.8 Å². The Balaban J connectivity index is 1.61. The average molecular weight is 512 g/mol. The number of aryl methyl sites for hydroxylation is 4. The van der Waals surface area contributed by atoms with Gasteiger partial charge < -0.3 is 18.6 Å². The standard InChI is InChI=1S/C28H23F3O6/c1-15-9-16(2)11-21(10-15)36-26-25(33)22-8-7-20(13-23(22)37-27(26)28(29,30)31)35-24(32)14-34-19-6-5-17(3)18(4)12-19/h5-13H,14H2,1-4H3. The molecule has 0 aliphatic heterocycles. The van der Waals surface area contributed by atoms with Crippen LogP contribution in [0, 0.1) is 27.7 Å². The maximum atomic E-state index is 13.8. The lowest BCUT2D eigenvalue weighted by Crippen LogP contribution is -2.18. The minimum absolute atomic E-state index is 0.0731. The first-order valence-electron chi connectivity index (χ1n) is 11.3. The predicted octanol–water partition coefficient (Wildman–Crippen LogP) is 6.82. The molecule has 0 unspecified atom stereocenters. The van der Waals surface area contributed by atoms with Gasteiger partial charge in [-0.15, -0.1) is 0 Å². The molecule has 0 saturated carbocycles. The Bertz CT molecular complexity index is 1530. The SMILES string of the molecule is Cc1cc(C)cc(Oc2c(C(F)(F)F)oc3cc(OC(=O)COc4ccc(C)c(C)c4)ccc3c2=O)c1. The summed E-state index contributed by atoms with van der Waals surface area (Å²) in [4.78, 5) is 25.2. The molecule has 0 amide bonds. The predicted molar refractivity (Wildman–Crippen MR) is 131 cm³/mol. The molecule has 0 bridgehead atoms. The molecule has 0 fully saturated rings. The second-order valence-corrected chi connectivity index (χ2v) is 8.68. The molecule has 0 spiro atoms. The molecular weight excluding hydrogens is 489 g/mol. The number of fused-ring (bicyclic) bond motifs is 1. The number of benzene rings is 3. The quantitative estimate of drug-likeness (QED) is 0.208. The van der Waals surface area contributed by atoms with Crippen LogP contribution in [0.1, 0.15) is 28.0 Å². The molecule has 0 N–H and O–H groups in total. The molecule has 0 aliphatic rings. The molecule has 1 aromatic heterocycles. The fourth-order valence-electron chi connectivity index (χ4n) is 3.72. The van der Waals surface area contributed by atoms with E-state index in [-0.39, 0.29) is 16.9 Å². The summed E-state index contributed by atoms with van der Waals surface area (Å²) in [5.74, 6) is -2.92. The van der Waals surface area contributed by atoms with Crippen LogP contribution in [0.25, 0.3) is 11.0 Å². The maximum absolute atomic E-state index is 13.8. The lowest BCUT2D eigenvalue weighted by Gasteiger charge is -2.14. The van der Waals surface area contributed by atoms with Crippen molar-refractivity contribution in [1.82, 2.24) is 0 Å². The van der Waals surface area contributed by atoms with Crippen LogP contribution in [0.5, 0.6) is 23.0 Å². The Morgan fingerprint density at radius 1 is 0.838 bits per heavy atom. The minimum Gasteiger partial charge on any atom is -0.482 e. The zero-order chi connectivity index (χ0) is 26.9. The Labute approximate surface area is 210 Å². The van der Waals surface area contributed by atoms with E-state index < -0.39 is 41.3 Å². The lowest BCUT2D eigenvalue weighted by molar-refractivity contribution is -0.154. The molecule has 4 rings (SSSR count). The van der Waals surface area contributed by atoms with E-state index in [2.05, 4.69) is 0 Å². The molecule has 0 radical (unpaired) electrons. The number of halogens is 3. The third kappa shape index (κ3) is 5.94. The van der Waals surface area contributed by atoms with Gasteiger partial charge in [-0.25, -0.2) is 4.79 Å². The molecule has 6 nitrogen and oxygen atoms in total. The molecular formula is C28H23F3O6. The van der Waals surface area contributed by atoms with Gasteiger partial charge in [0.15, 0.2) is 6.61 Å². The molecule has 9 heteroatoms. The molecule has 0 atom stereocenters. The number of alkyl halides is 3. The highest BCUT2D eigenvalue weighted by atomic mass is 19.4. The Hall–Kier alpha value is -4.27. The highest BCUT2D eigenvalue weighted by Gasteiger charge is 2.40. The van der Waals surface area contributed by atoms with Crippen molar-refractivity contribution in [2.24, 2.45) is 0 Å². The van der Waals surface area contributed by atoms with Gasteiger partial charge in [0.05, 0.1) is 5.39 Å². The normalized spacial score (nSPS) is 11.4. The van der Waals surface area contributed by atoms with E-state index in [0.717, 1.165) is 28.3 Å². The first-order chi connectivity index (χ1) is 17.4. The number of carbonyl (C=O) groups is 1. The second-order valence-electron chi connectivity index (χ2n) is 8.68. The van der Waals surface area contributed by atoms with Gasteiger partial charge >= 0.3 is 12.1 Å². The van der Waals surface area contributed by atoms with E-state index in [0.29, 0.717) is 5.75 Å². The van der Waals surface area contributed by atoms with Gasteiger partial charge in [-0.1, -0.05) is 12.1 Å². The van der Waals surface area contributed by atoms with Crippen molar-refractivity contribution in [2.45, 2.75) is 33.9 Å². The van der Waals surface area contributed by atoms with Gasteiger partial charge in [0.2, 0.25) is 11.2 Å². The largest absolute Gasteiger partial charge is 0.482 e. The maximum Gasteiger partial charge on any atom is 0.453 e. The van der Waals surface area contributed by atoms with Crippen molar-refractivity contribution in [3.05, 3.63) is 92.8 Å². The fourth-order valence-corrected chi connectivity index (χ4v) is 3.72. The summed E-state index contributed by atoms with van der Waals surface area (Å²) < 4.78 is 62.6. The summed E-state index contributed by atoms with van der Waals surface area (Å²) in [6.45, 7) is 6.92. The average Bonchev–Trinajstić information content (AvgIpc) is 2.80. The van der Waals surface area contributed by atoms with Crippen LogP contribution >= 0.6 is 0 Å². The number of rotatable bonds is 6. The van der Waals surface area contributed by atoms with Crippen LogP contribution in [0.2, 0.25) is 0 Å². The zero-order valence-electron chi connectivity index (χ0n) is 20.5. The summed E-state index contributed by atoms with van der Waals surface area (Å²) in [6.07, 6.45) is -5.02. The third-order valence-electron chi connectivity index (χ3n) is 5.56. The minimum atomic E-state index is -5.02. The van der Waals surface area contributed by atoms with Crippen LogP contribution in [-0.2, 0) is 11.0 Å². The first kappa shape index (κ1) is 25.8. The van der Waals surface area contributed by atoms with Gasteiger partial charge in [-0.2, -0.15) is 13.2 Å². The highest BCUT2D eigenvalue weighted by molar-refractivity contribution is 5.81. The fraction of sp³-hybridized carbons (Fsp3) is 0.214. The van der Waals surface area contributed by atoms with Crippen LogP contribution in [-0.4, -0.2) is 12.6 Å². The molecule has 3 aromatic carbocycles. The van der Waals surface area contributed by atoms with Crippen molar-refractivity contribution in [3.63, 3.8) is 0 Å². The number of ether oxygens (including phenoxy) is 3. The first-order valence-corrected chi connectivity index (χ1v) is 11.3. The van der Waals surface area contributed by atoms with E-state index in [4.69, 9.17) is 18.6 Å². The molecule has 1 heterocycles. The monoisotopic (exact) mass is 512 g/mol. The van der Waals surface area contributed by atoms with Gasteiger partial charge in [-0.3, -0.25) is 4.79 Å². The van der Waals surface area contributed by atoms with Crippen molar-refractivity contribution in [1.29, 1.82) is 0 Å². The zero-order valence-corrected chi connectivity index (χ0v) is 20.5. The topological polar surface area (TPSA) is 75.0 Å². The van der Waals surface area contributed by atoms with Crippen LogP contribution in [0.3, 0.4) is 0 Å². The van der Waals surface area contributed by atoms with Crippen molar-refractivity contribution in [2.75, 3.05) is 6.61 Å². The number of esters is 1. The van der Waals surface area contributed by atoms with Gasteiger partial charge in [0.25, 0.3) is 5.76 Å². The van der Waals surface area contributed by atoms with E-state index >= 15 is 0 Å². The number of carbonyl (C=O) groups excluding carboxylic acids is 1. The van der Waals surface area contributed by atoms with Crippen molar-refractivity contribution in [3.8, 4) is 23.0 Å². The number of hydrogen-bond acceptors (Lipinski definition) is 6. The summed E-state index contributed by atoms with van der Waals surface area (Å²) in [5, 5.41) is -0.168. The molecule has 37 heavy (non-hydrogen) atoms. The molecule has 4 aromatic rings. The van der Waals surface area contributed by atoms with E-state index in [1.165, 1.54) is 24.3 Å².